The molecule has 1 nitrogen and oxygen atoms in total. The zero-order chi connectivity index (χ0) is 11.5. The first-order chi connectivity index (χ1) is 7.93. The minimum atomic E-state index is 0.561. The summed E-state index contributed by atoms with van der Waals surface area (Å²) >= 11 is 0. The van der Waals surface area contributed by atoms with Crippen LogP contribution in [0.2, 0.25) is 0 Å². The molecule has 0 atom stereocenters. The van der Waals surface area contributed by atoms with Crippen LogP contribution in [0.15, 0.2) is 0 Å². The molecular formula is C15H30O. The monoisotopic (exact) mass is 226 g/mol. The molecule has 1 rings (SSSR count). The number of hydrogen-bond acceptors (Lipinski definition) is 1. The van der Waals surface area contributed by atoms with E-state index >= 15 is 0 Å². The predicted octanol–water partition coefficient (Wildman–Crippen LogP) is 5.09. The normalized spacial score (nSPS) is 23.1. The third-order valence-electron chi connectivity index (χ3n) is 3.70. The molecule has 0 unspecified atom stereocenters. The molecule has 0 aromatic carbocycles. The highest BCUT2D eigenvalue weighted by atomic mass is 16.5. The van der Waals surface area contributed by atoms with E-state index in [0.29, 0.717) is 6.10 Å². The molecule has 0 saturated heterocycles. The van der Waals surface area contributed by atoms with Crippen LogP contribution in [0, 0.1) is 0 Å². The van der Waals surface area contributed by atoms with Gasteiger partial charge in [-0.2, -0.15) is 0 Å². The van der Waals surface area contributed by atoms with Gasteiger partial charge in [-0.25, -0.2) is 0 Å². The summed E-state index contributed by atoms with van der Waals surface area (Å²) in [7, 11) is 0. The molecular weight excluding hydrogens is 196 g/mol. The van der Waals surface area contributed by atoms with Crippen LogP contribution in [-0.2, 0) is 4.74 Å². The predicted molar refractivity (Wildman–Crippen MR) is 70.8 cm³/mol. The van der Waals surface area contributed by atoms with Crippen LogP contribution in [0.3, 0.4) is 0 Å². The van der Waals surface area contributed by atoms with E-state index in [1.807, 2.05) is 0 Å². The van der Waals surface area contributed by atoms with E-state index in [1.54, 1.807) is 0 Å². The second-order valence-corrected chi connectivity index (χ2v) is 5.19. The Bertz CT molecular complexity index is 130. The van der Waals surface area contributed by atoms with Gasteiger partial charge in [-0.05, 0) is 19.8 Å². The Morgan fingerprint density at radius 3 is 1.44 bits per heavy atom. The fourth-order valence-corrected chi connectivity index (χ4v) is 2.70. The summed E-state index contributed by atoms with van der Waals surface area (Å²) in [6.07, 6.45) is 17.5. The van der Waals surface area contributed by atoms with Crippen LogP contribution in [0.1, 0.15) is 84.0 Å². The Kier molecular flexibility index (Phi) is 8.88. The highest BCUT2D eigenvalue weighted by Crippen LogP contribution is 2.18. The summed E-state index contributed by atoms with van der Waals surface area (Å²) in [6, 6.07) is 0. The number of rotatable bonds is 2. The lowest BCUT2D eigenvalue weighted by atomic mass is 10.0. The summed E-state index contributed by atoms with van der Waals surface area (Å²) in [5.74, 6) is 0. The molecule has 0 spiro atoms. The van der Waals surface area contributed by atoms with Crippen molar-refractivity contribution in [3.05, 3.63) is 0 Å². The van der Waals surface area contributed by atoms with Gasteiger partial charge >= 0.3 is 0 Å². The minimum absolute atomic E-state index is 0.561. The van der Waals surface area contributed by atoms with Gasteiger partial charge in [0.25, 0.3) is 0 Å². The van der Waals surface area contributed by atoms with Crippen molar-refractivity contribution in [3.8, 4) is 0 Å². The van der Waals surface area contributed by atoms with Crippen molar-refractivity contribution in [2.24, 2.45) is 0 Å². The topological polar surface area (TPSA) is 9.23 Å². The smallest absolute Gasteiger partial charge is 0.0575 e. The van der Waals surface area contributed by atoms with Crippen LogP contribution in [0.25, 0.3) is 0 Å². The number of hydrogen-bond donors (Lipinski definition) is 0. The Balaban J connectivity index is 2.20. The quantitative estimate of drug-likeness (QED) is 0.637. The lowest BCUT2D eigenvalue weighted by Gasteiger charge is -2.16. The molecule has 0 aromatic rings. The standard InChI is InChI=1S/C15H30O/c1-2-16-15-13-11-9-7-5-3-4-6-8-10-12-14-15/h15H,2-14H2,1H3. The molecule has 96 valence electrons. The zero-order valence-corrected chi connectivity index (χ0v) is 11.2. The van der Waals surface area contributed by atoms with Crippen molar-refractivity contribution in [2.75, 3.05) is 6.61 Å². The average Bonchev–Trinajstić information content (AvgIpc) is 2.31. The molecule has 0 radical (unpaired) electrons. The van der Waals surface area contributed by atoms with E-state index < -0.39 is 0 Å². The summed E-state index contributed by atoms with van der Waals surface area (Å²) in [5, 5.41) is 0. The van der Waals surface area contributed by atoms with Crippen LogP contribution in [-0.4, -0.2) is 12.7 Å². The van der Waals surface area contributed by atoms with Gasteiger partial charge < -0.3 is 4.74 Å². The van der Waals surface area contributed by atoms with Gasteiger partial charge in [0.05, 0.1) is 6.10 Å². The van der Waals surface area contributed by atoms with E-state index in [9.17, 15) is 0 Å². The largest absolute Gasteiger partial charge is 0.379 e. The molecule has 1 aliphatic carbocycles. The first-order valence-electron chi connectivity index (χ1n) is 7.55. The van der Waals surface area contributed by atoms with Crippen LogP contribution in [0.4, 0.5) is 0 Å². The molecule has 0 amide bonds. The van der Waals surface area contributed by atoms with Gasteiger partial charge in [0, 0.05) is 6.61 Å². The molecule has 1 heteroatoms. The maximum Gasteiger partial charge on any atom is 0.0575 e. The fourth-order valence-electron chi connectivity index (χ4n) is 2.70. The van der Waals surface area contributed by atoms with Crippen LogP contribution in [0.5, 0.6) is 0 Å². The molecule has 0 aliphatic heterocycles. The minimum Gasteiger partial charge on any atom is -0.379 e. The fraction of sp³-hybridized carbons (Fsp3) is 1.00. The summed E-state index contributed by atoms with van der Waals surface area (Å²) in [4.78, 5) is 0. The zero-order valence-electron chi connectivity index (χ0n) is 11.2. The van der Waals surface area contributed by atoms with E-state index in [-0.39, 0.29) is 0 Å². The Morgan fingerprint density at radius 1 is 0.688 bits per heavy atom. The summed E-state index contributed by atoms with van der Waals surface area (Å²) in [6.45, 7) is 3.02. The van der Waals surface area contributed by atoms with Crippen molar-refractivity contribution in [1.82, 2.24) is 0 Å². The SMILES string of the molecule is CCOC1CCCCCCCCCCCC1. The lowest BCUT2D eigenvalue weighted by molar-refractivity contribution is 0.0471. The van der Waals surface area contributed by atoms with E-state index in [1.165, 1.54) is 77.0 Å². The number of ether oxygens (including phenoxy) is 1. The molecule has 1 aliphatic rings. The molecule has 0 bridgehead atoms. The third-order valence-corrected chi connectivity index (χ3v) is 3.70. The van der Waals surface area contributed by atoms with Crippen LogP contribution < -0.4 is 0 Å². The highest BCUT2D eigenvalue weighted by Gasteiger charge is 2.08. The van der Waals surface area contributed by atoms with Crippen molar-refractivity contribution >= 4 is 0 Å². The Morgan fingerprint density at radius 2 is 1.06 bits per heavy atom. The second-order valence-electron chi connectivity index (χ2n) is 5.19. The molecule has 1 saturated carbocycles. The first kappa shape index (κ1) is 14.0. The van der Waals surface area contributed by atoms with Crippen molar-refractivity contribution in [3.63, 3.8) is 0 Å². The lowest BCUT2D eigenvalue weighted by Crippen LogP contribution is -2.12. The summed E-state index contributed by atoms with van der Waals surface area (Å²) < 4.78 is 5.82. The third kappa shape index (κ3) is 7.27. The van der Waals surface area contributed by atoms with Crippen molar-refractivity contribution in [1.29, 1.82) is 0 Å². The van der Waals surface area contributed by atoms with Crippen LogP contribution >= 0.6 is 0 Å². The molecule has 0 heterocycles. The van der Waals surface area contributed by atoms with E-state index in [2.05, 4.69) is 6.92 Å². The Hall–Kier alpha value is -0.0400. The molecule has 16 heavy (non-hydrogen) atoms. The van der Waals surface area contributed by atoms with Gasteiger partial charge in [0.1, 0.15) is 0 Å². The molecule has 0 aromatic heterocycles. The van der Waals surface area contributed by atoms with Crippen molar-refractivity contribution < 1.29 is 4.74 Å². The first-order valence-corrected chi connectivity index (χ1v) is 7.55. The van der Waals surface area contributed by atoms with Gasteiger partial charge in [-0.1, -0.05) is 64.2 Å². The van der Waals surface area contributed by atoms with E-state index in [0.717, 1.165) is 6.61 Å². The summed E-state index contributed by atoms with van der Waals surface area (Å²) in [5.41, 5.74) is 0. The van der Waals surface area contributed by atoms with Gasteiger partial charge in [-0.15, -0.1) is 0 Å². The van der Waals surface area contributed by atoms with Gasteiger partial charge in [-0.3, -0.25) is 0 Å². The average molecular weight is 226 g/mol. The van der Waals surface area contributed by atoms with Gasteiger partial charge in [0.2, 0.25) is 0 Å². The van der Waals surface area contributed by atoms with E-state index in [4.69, 9.17) is 4.74 Å². The maximum absolute atomic E-state index is 5.82. The second kappa shape index (κ2) is 10.1. The molecule has 1 fully saturated rings. The van der Waals surface area contributed by atoms with Gasteiger partial charge in [0.15, 0.2) is 0 Å². The Labute approximate surface area is 102 Å². The molecule has 0 N–H and O–H groups in total. The van der Waals surface area contributed by atoms with Crippen molar-refractivity contribution in [2.45, 2.75) is 90.1 Å². The maximum atomic E-state index is 5.82. The highest BCUT2D eigenvalue weighted by molar-refractivity contribution is 4.60.